The van der Waals surface area contributed by atoms with Gasteiger partial charge in [0.1, 0.15) is 0 Å². The summed E-state index contributed by atoms with van der Waals surface area (Å²) in [5.74, 6) is 0.989. The molecule has 0 aliphatic rings. The Balaban J connectivity index is 1.88. The van der Waals surface area contributed by atoms with Crippen LogP contribution in [0.4, 0.5) is 0 Å². The summed E-state index contributed by atoms with van der Waals surface area (Å²) in [7, 11) is 0.395. The highest BCUT2D eigenvalue weighted by molar-refractivity contribution is 7.99. The maximum atomic E-state index is 12.7. The molecule has 7 nitrogen and oxygen atoms in total. The molecule has 0 fully saturated rings. The highest BCUT2D eigenvalue weighted by Gasteiger charge is 2.24. The lowest BCUT2D eigenvalue weighted by Crippen LogP contribution is -2.39. The smallest absolute Gasteiger partial charge is 0.243 e. The quantitative estimate of drug-likeness (QED) is 0.435. The first-order chi connectivity index (χ1) is 13.8. The Morgan fingerprint density at radius 2 is 1.76 bits per heavy atom. The van der Waals surface area contributed by atoms with E-state index in [9.17, 15) is 13.2 Å². The normalized spacial score (nSPS) is 11.3. The van der Waals surface area contributed by atoms with Crippen molar-refractivity contribution in [3.8, 4) is 11.5 Å². The van der Waals surface area contributed by atoms with Gasteiger partial charge in [-0.1, -0.05) is 11.6 Å². The van der Waals surface area contributed by atoms with Gasteiger partial charge in [-0.05, 0) is 36.4 Å². The van der Waals surface area contributed by atoms with Gasteiger partial charge in [0.2, 0.25) is 15.9 Å². The second-order valence-corrected chi connectivity index (χ2v) is 9.58. The molecule has 0 unspecified atom stereocenters. The standard InChI is InChI=1S/C19H23ClN2O5S2/c1-22(29(24,25)16-8-9-17(26-2)18(12-16)27-3)13-19(23)21-10-11-28-15-6-4-14(20)5-7-15/h4-9,12H,10-11,13H2,1-3H3,(H,21,23). The summed E-state index contributed by atoms with van der Waals surface area (Å²) < 4.78 is 36.7. The van der Waals surface area contributed by atoms with Crippen LogP contribution in [-0.4, -0.2) is 58.7 Å². The van der Waals surface area contributed by atoms with Gasteiger partial charge in [-0.25, -0.2) is 8.42 Å². The highest BCUT2D eigenvalue weighted by atomic mass is 35.5. The molecule has 0 aliphatic carbocycles. The molecule has 29 heavy (non-hydrogen) atoms. The Morgan fingerprint density at radius 3 is 2.38 bits per heavy atom. The van der Waals surface area contributed by atoms with Gasteiger partial charge < -0.3 is 14.8 Å². The van der Waals surface area contributed by atoms with Crippen molar-refractivity contribution in [3.63, 3.8) is 0 Å². The van der Waals surface area contributed by atoms with Crippen LogP contribution >= 0.6 is 23.4 Å². The molecule has 0 heterocycles. The van der Waals surface area contributed by atoms with Crippen molar-refractivity contribution in [2.24, 2.45) is 0 Å². The summed E-state index contributed by atoms with van der Waals surface area (Å²) >= 11 is 7.41. The van der Waals surface area contributed by atoms with E-state index in [0.29, 0.717) is 28.8 Å². The monoisotopic (exact) mass is 458 g/mol. The number of hydrogen-bond donors (Lipinski definition) is 1. The van der Waals surface area contributed by atoms with Crippen molar-refractivity contribution in [2.45, 2.75) is 9.79 Å². The van der Waals surface area contributed by atoms with Gasteiger partial charge in [0.15, 0.2) is 11.5 Å². The van der Waals surface area contributed by atoms with E-state index < -0.39 is 10.0 Å². The number of likely N-dealkylation sites (N-methyl/N-ethyl adjacent to an activating group) is 1. The van der Waals surface area contributed by atoms with Crippen LogP contribution in [0.5, 0.6) is 11.5 Å². The number of amides is 1. The van der Waals surface area contributed by atoms with Gasteiger partial charge in [0.05, 0.1) is 25.7 Å². The molecule has 2 aromatic carbocycles. The largest absolute Gasteiger partial charge is 0.493 e. The van der Waals surface area contributed by atoms with E-state index in [-0.39, 0.29) is 17.3 Å². The first-order valence-electron chi connectivity index (χ1n) is 8.61. The lowest BCUT2D eigenvalue weighted by atomic mass is 10.3. The van der Waals surface area contributed by atoms with E-state index in [1.54, 1.807) is 23.9 Å². The van der Waals surface area contributed by atoms with Crippen LogP contribution in [0.2, 0.25) is 5.02 Å². The fourth-order valence-corrected chi connectivity index (χ4v) is 4.43. The van der Waals surface area contributed by atoms with Crippen LogP contribution in [-0.2, 0) is 14.8 Å². The summed E-state index contributed by atoms with van der Waals surface area (Å²) in [5, 5.41) is 3.39. The molecule has 2 rings (SSSR count). The lowest BCUT2D eigenvalue weighted by Gasteiger charge is -2.18. The number of halogens is 1. The molecular weight excluding hydrogens is 436 g/mol. The average Bonchev–Trinajstić information content (AvgIpc) is 2.71. The molecule has 10 heteroatoms. The number of sulfonamides is 1. The van der Waals surface area contributed by atoms with E-state index in [1.807, 2.05) is 12.1 Å². The van der Waals surface area contributed by atoms with Crippen LogP contribution in [0.1, 0.15) is 0 Å². The maximum Gasteiger partial charge on any atom is 0.243 e. The van der Waals surface area contributed by atoms with Crippen LogP contribution in [0, 0.1) is 0 Å². The summed E-state index contributed by atoms with van der Waals surface area (Å²) in [6.45, 7) is 0.124. The molecule has 0 saturated heterocycles. The molecular formula is C19H23ClN2O5S2. The Hall–Kier alpha value is -1.94. The zero-order valence-corrected chi connectivity index (χ0v) is 18.7. The van der Waals surface area contributed by atoms with Crippen molar-refractivity contribution < 1.29 is 22.7 Å². The highest BCUT2D eigenvalue weighted by Crippen LogP contribution is 2.30. The molecule has 1 N–H and O–H groups in total. The summed E-state index contributed by atoms with van der Waals surface area (Å²) in [4.78, 5) is 13.2. The van der Waals surface area contributed by atoms with E-state index in [4.69, 9.17) is 21.1 Å². The van der Waals surface area contributed by atoms with Crippen molar-refractivity contribution in [2.75, 3.05) is 40.1 Å². The van der Waals surface area contributed by atoms with E-state index in [0.717, 1.165) is 9.20 Å². The maximum absolute atomic E-state index is 12.7. The Labute approximate surface area is 180 Å². The van der Waals surface area contributed by atoms with Crippen LogP contribution in [0.15, 0.2) is 52.3 Å². The topological polar surface area (TPSA) is 84.9 Å². The molecule has 0 saturated carbocycles. The molecule has 0 spiro atoms. The Bertz CT molecular complexity index is 936. The van der Waals surface area contributed by atoms with Crippen LogP contribution in [0.3, 0.4) is 0 Å². The van der Waals surface area contributed by atoms with Crippen LogP contribution in [0.25, 0.3) is 0 Å². The molecule has 0 bridgehead atoms. The lowest BCUT2D eigenvalue weighted by molar-refractivity contribution is -0.121. The molecule has 2 aromatic rings. The molecule has 0 radical (unpaired) electrons. The minimum absolute atomic E-state index is 0.0174. The third-order valence-electron chi connectivity index (χ3n) is 3.94. The second kappa shape index (κ2) is 10.7. The van der Waals surface area contributed by atoms with Gasteiger partial charge in [-0.15, -0.1) is 11.8 Å². The predicted molar refractivity (Wildman–Crippen MR) is 115 cm³/mol. The number of methoxy groups -OCH3 is 2. The molecule has 1 amide bonds. The molecule has 0 aromatic heterocycles. The molecule has 0 atom stereocenters. The minimum Gasteiger partial charge on any atom is -0.493 e. The van der Waals surface area contributed by atoms with Gasteiger partial charge in [0, 0.05) is 35.3 Å². The molecule has 0 aliphatic heterocycles. The van der Waals surface area contributed by atoms with Crippen molar-refractivity contribution in [1.82, 2.24) is 9.62 Å². The van der Waals surface area contributed by atoms with Gasteiger partial charge in [-0.3, -0.25) is 4.79 Å². The first kappa shape index (κ1) is 23.3. The number of nitrogens with one attached hydrogen (secondary N) is 1. The Kier molecular flexibility index (Phi) is 8.63. The second-order valence-electron chi connectivity index (χ2n) is 5.93. The van der Waals surface area contributed by atoms with Crippen molar-refractivity contribution in [3.05, 3.63) is 47.5 Å². The average molecular weight is 459 g/mol. The number of benzene rings is 2. The third-order valence-corrected chi connectivity index (χ3v) is 7.00. The fraction of sp³-hybridized carbons (Fsp3) is 0.316. The predicted octanol–water partition coefficient (Wildman–Crippen LogP) is 2.89. The summed E-state index contributed by atoms with van der Waals surface area (Å²) in [6.07, 6.45) is 0. The van der Waals surface area contributed by atoms with E-state index in [2.05, 4.69) is 5.32 Å². The SMILES string of the molecule is COc1ccc(S(=O)(=O)N(C)CC(=O)NCCSc2ccc(Cl)cc2)cc1OC. The first-order valence-corrected chi connectivity index (χ1v) is 11.4. The van der Waals surface area contributed by atoms with Gasteiger partial charge in [0.25, 0.3) is 0 Å². The van der Waals surface area contributed by atoms with Gasteiger partial charge in [-0.2, -0.15) is 4.31 Å². The number of hydrogen-bond acceptors (Lipinski definition) is 6. The number of carbonyl (C=O) groups excluding carboxylic acids is 1. The zero-order chi connectivity index (χ0) is 21.4. The summed E-state index contributed by atoms with van der Waals surface area (Å²) in [5.41, 5.74) is 0. The minimum atomic E-state index is -3.85. The van der Waals surface area contributed by atoms with E-state index in [1.165, 1.54) is 39.5 Å². The number of ether oxygens (including phenoxy) is 2. The molecule has 158 valence electrons. The number of thioether (sulfide) groups is 1. The number of carbonyl (C=O) groups is 1. The Morgan fingerprint density at radius 1 is 1.10 bits per heavy atom. The summed E-state index contributed by atoms with van der Waals surface area (Å²) in [6, 6.07) is 11.7. The van der Waals surface area contributed by atoms with Gasteiger partial charge >= 0.3 is 0 Å². The number of rotatable bonds is 10. The zero-order valence-electron chi connectivity index (χ0n) is 16.3. The van der Waals surface area contributed by atoms with Crippen LogP contribution < -0.4 is 14.8 Å². The van der Waals surface area contributed by atoms with Crippen molar-refractivity contribution >= 4 is 39.3 Å². The fourth-order valence-electron chi connectivity index (χ4n) is 2.39. The number of nitrogens with zero attached hydrogens (tertiary/aromatic N) is 1. The van der Waals surface area contributed by atoms with E-state index >= 15 is 0 Å². The third kappa shape index (κ3) is 6.53. The van der Waals surface area contributed by atoms with Crippen molar-refractivity contribution in [1.29, 1.82) is 0 Å².